The highest BCUT2D eigenvalue weighted by atomic mass is 16.2. The molecule has 1 N–H and O–H groups in total. The van der Waals surface area contributed by atoms with Crippen molar-refractivity contribution in [3.05, 3.63) is 61.6 Å². The molecule has 1 aliphatic heterocycles. The lowest BCUT2D eigenvalue weighted by Crippen LogP contribution is -2.48. The maximum Gasteiger partial charge on any atom is 0.246 e. The predicted octanol–water partition coefficient (Wildman–Crippen LogP) is 2.31. The summed E-state index contributed by atoms with van der Waals surface area (Å²) in [4.78, 5) is 20.3. The molecular formula is C19H20N6O. The maximum absolute atomic E-state index is 11.8. The van der Waals surface area contributed by atoms with Gasteiger partial charge in [0.25, 0.3) is 0 Å². The normalized spacial score (nSPS) is 14.5. The van der Waals surface area contributed by atoms with Gasteiger partial charge >= 0.3 is 0 Å². The molecule has 0 spiro atoms. The van der Waals surface area contributed by atoms with E-state index >= 15 is 0 Å². The summed E-state index contributed by atoms with van der Waals surface area (Å²) in [5.41, 5.74) is 3.00. The van der Waals surface area contributed by atoms with Crippen LogP contribution in [0, 0.1) is 0 Å². The van der Waals surface area contributed by atoms with E-state index in [1.54, 1.807) is 4.52 Å². The van der Waals surface area contributed by atoms with Crippen molar-refractivity contribution in [1.82, 2.24) is 19.5 Å². The van der Waals surface area contributed by atoms with Crippen molar-refractivity contribution in [2.45, 2.75) is 0 Å². The fourth-order valence-corrected chi connectivity index (χ4v) is 3.24. The number of anilines is 3. The largest absolute Gasteiger partial charge is 0.366 e. The first-order chi connectivity index (χ1) is 12.8. The highest BCUT2D eigenvalue weighted by Gasteiger charge is 2.21. The lowest BCUT2D eigenvalue weighted by molar-refractivity contribution is -0.126. The molecule has 1 saturated heterocycles. The molecule has 4 rings (SSSR count). The first-order valence-corrected chi connectivity index (χ1v) is 8.57. The Morgan fingerprint density at radius 3 is 2.73 bits per heavy atom. The van der Waals surface area contributed by atoms with Gasteiger partial charge in [0.2, 0.25) is 5.91 Å². The Hall–Kier alpha value is -3.35. The monoisotopic (exact) mass is 348 g/mol. The quantitative estimate of drug-likeness (QED) is 0.733. The van der Waals surface area contributed by atoms with Crippen LogP contribution in [0.1, 0.15) is 0 Å². The van der Waals surface area contributed by atoms with Crippen molar-refractivity contribution in [3.63, 3.8) is 0 Å². The van der Waals surface area contributed by atoms with Gasteiger partial charge in [-0.2, -0.15) is 5.10 Å². The second-order valence-electron chi connectivity index (χ2n) is 6.11. The average Bonchev–Trinajstić information content (AvgIpc) is 3.18. The number of para-hydroxylation sites is 2. The van der Waals surface area contributed by atoms with Gasteiger partial charge in [0.05, 0.1) is 11.4 Å². The van der Waals surface area contributed by atoms with Crippen LogP contribution in [0.4, 0.5) is 17.2 Å². The highest BCUT2D eigenvalue weighted by molar-refractivity contribution is 5.87. The van der Waals surface area contributed by atoms with Crippen LogP contribution in [-0.4, -0.2) is 51.6 Å². The number of carbonyl (C=O) groups is 1. The van der Waals surface area contributed by atoms with E-state index in [-0.39, 0.29) is 5.91 Å². The van der Waals surface area contributed by atoms with Crippen LogP contribution >= 0.6 is 0 Å². The average molecular weight is 348 g/mol. The smallest absolute Gasteiger partial charge is 0.246 e. The molecule has 26 heavy (non-hydrogen) atoms. The van der Waals surface area contributed by atoms with Crippen molar-refractivity contribution >= 4 is 28.6 Å². The minimum atomic E-state index is -0.00679. The van der Waals surface area contributed by atoms with E-state index in [9.17, 15) is 4.79 Å². The van der Waals surface area contributed by atoms with Gasteiger partial charge in [0.15, 0.2) is 5.82 Å². The number of hydrogen-bond acceptors (Lipinski definition) is 5. The van der Waals surface area contributed by atoms with E-state index in [0.717, 1.165) is 35.8 Å². The van der Waals surface area contributed by atoms with Crippen molar-refractivity contribution in [1.29, 1.82) is 0 Å². The van der Waals surface area contributed by atoms with Gasteiger partial charge in [-0.3, -0.25) is 4.79 Å². The third-order valence-corrected chi connectivity index (χ3v) is 4.60. The van der Waals surface area contributed by atoms with Gasteiger partial charge < -0.3 is 15.1 Å². The van der Waals surface area contributed by atoms with E-state index in [4.69, 9.17) is 0 Å². The van der Waals surface area contributed by atoms with Gasteiger partial charge in [0, 0.05) is 32.4 Å². The summed E-state index contributed by atoms with van der Waals surface area (Å²) in [6.07, 6.45) is 4.81. The molecule has 1 aliphatic rings. The van der Waals surface area contributed by atoms with Crippen LogP contribution < -0.4 is 10.2 Å². The number of hydrogen-bond donors (Lipinski definition) is 1. The first kappa shape index (κ1) is 16.1. The van der Waals surface area contributed by atoms with Crippen LogP contribution in [0.15, 0.2) is 61.6 Å². The predicted molar refractivity (Wildman–Crippen MR) is 102 cm³/mol. The van der Waals surface area contributed by atoms with Crippen molar-refractivity contribution in [3.8, 4) is 0 Å². The van der Waals surface area contributed by atoms with Gasteiger partial charge in [-0.05, 0) is 30.3 Å². The van der Waals surface area contributed by atoms with Crippen molar-refractivity contribution in [2.24, 2.45) is 0 Å². The number of nitrogens with zero attached hydrogens (tertiary/aromatic N) is 5. The minimum Gasteiger partial charge on any atom is -0.366 e. The summed E-state index contributed by atoms with van der Waals surface area (Å²) >= 11 is 0. The molecule has 1 fully saturated rings. The molecule has 0 unspecified atom stereocenters. The Labute approximate surface area is 151 Å². The van der Waals surface area contributed by atoms with E-state index in [2.05, 4.69) is 32.9 Å². The lowest BCUT2D eigenvalue weighted by atomic mass is 10.2. The summed E-state index contributed by atoms with van der Waals surface area (Å²) in [5, 5.41) is 7.63. The van der Waals surface area contributed by atoms with Gasteiger partial charge in [-0.25, -0.2) is 9.50 Å². The van der Waals surface area contributed by atoms with Crippen LogP contribution in [0.3, 0.4) is 0 Å². The van der Waals surface area contributed by atoms with Crippen LogP contribution in [0.25, 0.3) is 5.52 Å². The molecule has 7 heteroatoms. The standard InChI is InChI=1S/C19H20N6O/c1-2-18(26)24-12-10-23(11-13-24)16-7-4-3-6-15(16)22-19-17-8-5-9-25(17)21-14-20-19/h2-9,14H,1,10-13H2,(H,20,21,22). The Bertz CT molecular complexity index is 942. The van der Waals surface area contributed by atoms with Gasteiger partial charge in [-0.15, -0.1) is 0 Å². The summed E-state index contributed by atoms with van der Waals surface area (Å²) < 4.78 is 1.79. The number of piperazine rings is 1. The van der Waals surface area contributed by atoms with E-state index < -0.39 is 0 Å². The number of benzene rings is 1. The molecule has 3 heterocycles. The number of aromatic nitrogens is 3. The van der Waals surface area contributed by atoms with Crippen molar-refractivity contribution in [2.75, 3.05) is 36.4 Å². The summed E-state index contributed by atoms with van der Waals surface area (Å²) in [5.74, 6) is 0.755. The molecule has 2 aromatic heterocycles. The zero-order chi connectivity index (χ0) is 17.9. The molecular weight excluding hydrogens is 328 g/mol. The van der Waals surface area contributed by atoms with E-state index in [1.807, 2.05) is 41.4 Å². The molecule has 0 bridgehead atoms. The first-order valence-electron chi connectivity index (χ1n) is 8.57. The number of nitrogens with one attached hydrogen (secondary N) is 1. The van der Waals surface area contributed by atoms with Gasteiger partial charge in [0.1, 0.15) is 11.8 Å². The summed E-state index contributed by atoms with van der Waals surface area (Å²) in [6.45, 7) is 6.51. The van der Waals surface area contributed by atoms with Crippen LogP contribution in [-0.2, 0) is 4.79 Å². The fraction of sp³-hybridized carbons (Fsp3) is 0.211. The number of fused-ring (bicyclic) bond motifs is 1. The Morgan fingerprint density at radius 1 is 1.12 bits per heavy atom. The number of carbonyl (C=O) groups excluding carboxylic acids is 1. The zero-order valence-corrected chi connectivity index (χ0v) is 14.4. The molecule has 0 radical (unpaired) electrons. The number of rotatable bonds is 4. The third kappa shape index (κ3) is 2.99. The SMILES string of the molecule is C=CC(=O)N1CCN(c2ccccc2Nc2ncnn3cccc23)CC1. The fourth-order valence-electron chi connectivity index (χ4n) is 3.24. The van der Waals surface area contributed by atoms with E-state index in [1.165, 1.54) is 12.4 Å². The van der Waals surface area contributed by atoms with Gasteiger partial charge in [-0.1, -0.05) is 18.7 Å². The molecule has 132 valence electrons. The molecule has 0 saturated carbocycles. The molecule has 7 nitrogen and oxygen atoms in total. The second kappa shape index (κ2) is 6.87. The molecule has 1 amide bonds. The summed E-state index contributed by atoms with van der Waals surface area (Å²) in [6, 6.07) is 12.1. The highest BCUT2D eigenvalue weighted by Crippen LogP contribution is 2.30. The third-order valence-electron chi connectivity index (χ3n) is 4.60. The van der Waals surface area contributed by atoms with Crippen LogP contribution in [0.5, 0.6) is 0 Å². The van der Waals surface area contributed by atoms with E-state index in [0.29, 0.717) is 13.1 Å². The zero-order valence-electron chi connectivity index (χ0n) is 14.4. The molecule has 0 aliphatic carbocycles. The Balaban J connectivity index is 1.57. The van der Waals surface area contributed by atoms with Crippen LogP contribution in [0.2, 0.25) is 0 Å². The van der Waals surface area contributed by atoms with Crippen molar-refractivity contribution < 1.29 is 4.79 Å². The molecule has 3 aromatic rings. The molecule has 1 aromatic carbocycles. The Kier molecular flexibility index (Phi) is 4.27. The minimum absolute atomic E-state index is 0.00679. The molecule has 0 atom stereocenters. The second-order valence-corrected chi connectivity index (χ2v) is 6.11. The number of amides is 1. The lowest BCUT2D eigenvalue weighted by Gasteiger charge is -2.36. The Morgan fingerprint density at radius 2 is 1.92 bits per heavy atom. The summed E-state index contributed by atoms with van der Waals surface area (Å²) in [7, 11) is 0. The topological polar surface area (TPSA) is 65.8 Å². The maximum atomic E-state index is 11.8.